The van der Waals surface area contributed by atoms with Crippen LogP contribution in [0.4, 0.5) is 0 Å². The van der Waals surface area contributed by atoms with Crippen LogP contribution in [0, 0.1) is 0 Å². The van der Waals surface area contributed by atoms with E-state index in [1.807, 2.05) is 0 Å². The fraction of sp³-hybridized carbons (Fsp3) is 0.714. The Bertz CT molecular complexity index is 549. The predicted molar refractivity (Wildman–Crippen MR) is 81.2 cm³/mol. The van der Waals surface area contributed by atoms with Crippen molar-refractivity contribution >= 4 is 27.5 Å². The highest BCUT2D eigenvalue weighted by Crippen LogP contribution is 2.41. The van der Waals surface area contributed by atoms with Crippen LogP contribution in [-0.2, 0) is 4.74 Å². The van der Waals surface area contributed by atoms with Crippen molar-refractivity contribution in [3.8, 4) is 0 Å². The maximum absolute atomic E-state index is 12.3. The molecule has 1 unspecified atom stereocenters. The highest BCUT2D eigenvalue weighted by atomic mass is 79.9. The van der Waals surface area contributed by atoms with Gasteiger partial charge in [-0.1, -0.05) is 30.9 Å². The number of hydrogen-bond acceptors (Lipinski definition) is 3. The van der Waals surface area contributed by atoms with E-state index in [0.717, 1.165) is 32.3 Å². The molecule has 0 aromatic carbocycles. The maximum atomic E-state index is 12.3. The van der Waals surface area contributed by atoms with Crippen LogP contribution in [0.5, 0.6) is 0 Å². The van der Waals surface area contributed by atoms with E-state index in [1.54, 1.807) is 10.9 Å². The van der Waals surface area contributed by atoms with E-state index < -0.39 is 0 Å². The van der Waals surface area contributed by atoms with Gasteiger partial charge in [-0.15, -0.1) is 0 Å². The molecule has 3 rings (SSSR count). The van der Waals surface area contributed by atoms with Gasteiger partial charge in [0, 0.05) is 12.6 Å². The van der Waals surface area contributed by atoms with E-state index in [4.69, 9.17) is 16.3 Å². The summed E-state index contributed by atoms with van der Waals surface area (Å²) in [7, 11) is 0. The summed E-state index contributed by atoms with van der Waals surface area (Å²) in [6, 6.07) is 0.162. The molecule has 1 atom stereocenters. The SMILES string of the molecule is O=c1c(Br)c(Cl)ncn1C1CCOC2(CCCCC2)C1. The van der Waals surface area contributed by atoms with Crippen molar-refractivity contribution in [1.29, 1.82) is 0 Å². The summed E-state index contributed by atoms with van der Waals surface area (Å²) in [5.41, 5.74) is -0.116. The zero-order valence-corrected chi connectivity index (χ0v) is 13.6. The lowest BCUT2D eigenvalue weighted by atomic mass is 9.78. The van der Waals surface area contributed by atoms with E-state index in [1.165, 1.54) is 19.3 Å². The average molecular weight is 362 g/mol. The fourth-order valence-corrected chi connectivity index (χ4v) is 3.90. The smallest absolute Gasteiger partial charge is 0.269 e. The quantitative estimate of drug-likeness (QED) is 0.716. The summed E-state index contributed by atoms with van der Waals surface area (Å²) in [5.74, 6) is 0. The molecule has 0 N–H and O–H groups in total. The van der Waals surface area contributed by atoms with Gasteiger partial charge in [0.25, 0.3) is 5.56 Å². The molecule has 0 radical (unpaired) electrons. The van der Waals surface area contributed by atoms with Crippen molar-refractivity contribution in [3.05, 3.63) is 26.3 Å². The highest BCUT2D eigenvalue weighted by molar-refractivity contribution is 9.10. The molecular formula is C14H18BrClN2O2. The van der Waals surface area contributed by atoms with Crippen LogP contribution in [-0.4, -0.2) is 21.8 Å². The fourth-order valence-electron chi connectivity index (χ4n) is 3.47. The van der Waals surface area contributed by atoms with Crippen LogP contribution < -0.4 is 5.56 Å². The van der Waals surface area contributed by atoms with Gasteiger partial charge in [-0.2, -0.15) is 0 Å². The van der Waals surface area contributed by atoms with Crippen LogP contribution in [0.1, 0.15) is 51.0 Å². The normalized spacial score (nSPS) is 25.8. The largest absolute Gasteiger partial charge is 0.375 e. The Hall–Kier alpha value is -0.390. The number of halogens is 2. The van der Waals surface area contributed by atoms with E-state index in [0.29, 0.717) is 4.47 Å². The summed E-state index contributed by atoms with van der Waals surface area (Å²) in [4.78, 5) is 16.4. The molecule has 1 aliphatic carbocycles. The van der Waals surface area contributed by atoms with Crippen LogP contribution in [0.25, 0.3) is 0 Å². The first kappa shape index (κ1) is 14.5. The monoisotopic (exact) mass is 360 g/mol. The summed E-state index contributed by atoms with van der Waals surface area (Å²) in [5, 5.41) is 0.227. The van der Waals surface area contributed by atoms with Gasteiger partial charge < -0.3 is 4.74 Å². The van der Waals surface area contributed by atoms with Crippen LogP contribution in [0.2, 0.25) is 5.15 Å². The Morgan fingerprint density at radius 1 is 1.40 bits per heavy atom. The molecule has 1 aromatic heterocycles. The zero-order chi connectivity index (χ0) is 14.2. The second kappa shape index (κ2) is 5.78. The van der Waals surface area contributed by atoms with Crippen molar-refractivity contribution < 1.29 is 4.74 Å². The number of ether oxygens (including phenoxy) is 1. The van der Waals surface area contributed by atoms with Crippen molar-refractivity contribution in [2.75, 3.05) is 6.61 Å². The molecule has 0 bridgehead atoms. The molecule has 110 valence electrons. The maximum Gasteiger partial charge on any atom is 0.269 e. The molecule has 4 nitrogen and oxygen atoms in total. The van der Waals surface area contributed by atoms with Gasteiger partial charge in [0.2, 0.25) is 0 Å². The molecule has 1 saturated carbocycles. The van der Waals surface area contributed by atoms with Gasteiger partial charge in [0.05, 0.1) is 11.9 Å². The Morgan fingerprint density at radius 2 is 2.15 bits per heavy atom. The molecule has 1 aromatic rings. The lowest BCUT2D eigenvalue weighted by molar-refractivity contribution is -0.114. The molecule has 2 fully saturated rings. The molecule has 6 heteroatoms. The molecule has 20 heavy (non-hydrogen) atoms. The first-order chi connectivity index (χ1) is 9.61. The molecule has 0 amide bonds. The summed E-state index contributed by atoms with van der Waals surface area (Å²) >= 11 is 9.10. The lowest BCUT2D eigenvalue weighted by Gasteiger charge is -2.43. The molecule has 1 aliphatic heterocycles. The highest BCUT2D eigenvalue weighted by Gasteiger charge is 2.39. The number of rotatable bonds is 1. The number of nitrogens with zero attached hydrogens (tertiary/aromatic N) is 2. The minimum atomic E-state index is -0.0946. The van der Waals surface area contributed by atoms with Crippen molar-refractivity contribution in [2.45, 2.75) is 56.6 Å². The Balaban J connectivity index is 1.87. The Morgan fingerprint density at radius 3 is 2.90 bits per heavy atom. The van der Waals surface area contributed by atoms with E-state index >= 15 is 0 Å². The standard InChI is InChI=1S/C14H18BrClN2O2/c15-11-12(16)17-9-18(13(11)19)10-4-7-20-14(8-10)5-2-1-3-6-14/h9-10H,1-8H2. The third kappa shape index (κ3) is 2.68. The van der Waals surface area contributed by atoms with Crippen LogP contribution in [0.15, 0.2) is 15.6 Å². The van der Waals surface area contributed by atoms with Gasteiger partial charge in [-0.05, 0) is 41.6 Å². The topological polar surface area (TPSA) is 44.1 Å². The third-order valence-electron chi connectivity index (χ3n) is 4.52. The van der Waals surface area contributed by atoms with Gasteiger partial charge in [0.15, 0.2) is 5.15 Å². The second-order valence-corrected chi connectivity index (χ2v) is 6.95. The van der Waals surface area contributed by atoms with Gasteiger partial charge in [0.1, 0.15) is 4.47 Å². The minimum Gasteiger partial charge on any atom is -0.375 e. The Labute approximate surface area is 131 Å². The minimum absolute atomic E-state index is 0.0211. The van der Waals surface area contributed by atoms with Crippen LogP contribution >= 0.6 is 27.5 Å². The molecule has 1 spiro atoms. The Kier molecular flexibility index (Phi) is 4.20. The second-order valence-electron chi connectivity index (χ2n) is 5.80. The summed E-state index contributed by atoms with van der Waals surface area (Å²) in [6.07, 6.45) is 9.31. The van der Waals surface area contributed by atoms with E-state index in [-0.39, 0.29) is 22.4 Å². The third-order valence-corrected chi connectivity index (χ3v) is 5.75. The van der Waals surface area contributed by atoms with Crippen molar-refractivity contribution in [1.82, 2.24) is 9.55 Å². The molecule has 2 aliphatic rings. The predicted octanol–water partition coefficient (Wildman–Crippen LogP) is 3.71. The molecule has 1 saturated heterocycles. The van der Waals surface area contributed by atoms with E-state index in [2.05, 4.69) is 20.9 Å². The summed E-state index contributed by atoms with van der Waals surface area (Å²) in [6.45, 7) is 0.720. The summed E-state index contributed by atoms with van der Waals surface area (Å²) < 4.78 is 8.15. The molecule has 2 heterocycles. The average Bonchev–Trinajstić information content (AvgIpc) is 2.46. The first-order valence-electron chi connectivity index (χ1n) is 7.17. The van der Waals surface area contributed by atoms with Gasteiger partial charge in [-0.3, -0.25) is 9.36 Å². The van der Waals surface area contributed by atoms with Crippen molar-refractivity contribution in [3.63, 3.8) is 0 Å². The lowest BCUT2D eigenvalue weighted by Crippen LogP contribution is -2.43. The number of hydrogen-bond donors (Lipinski definition) is 0. The number of aromatic nitrogens is 2. The van der Waals surface area contributed by atoms with E-state index in [9.17, 15) is 4.79 Å². The van der Waals surface area contributed by atoms with Gasteiger partial charge in [-0.25, -0.2) is 4.98 Å². The molecular weight excluding hydrogens is 344 g/mol. The van der Waals surface area contributed by atoms with Gasteiger partial charge >= 0.3 is 0 Å². The zero-order valence-electron chi connectivity index (χ0n) is 11.3. The first-order valence-corrected chi connectivity index (χ1v) is 8.34. The van der Waals surface area contributed by atoms with Crippen LogP contribution in [0.3, 0.4) is 0 Å². The van der Waals surface area contributed by atoms with Crippen molar-refractivity contribution in [2.24, 2.45) is 0 Å².